The van der Waals surface area contributed by atoms with Gasteiger partial charge in [0.25, 0.3) is 0 Å². The highest BCUT2D eigenvalue weighted by Gasteiger charge is 2.10. The maximum absolute atomic E-state index is 11.3. The van der Waals surface area contributed by atoms with Crippen molar-refractivity contribution in [3.05, 3.63) is 33.8 Å². The fourth-order valence-corrected chi connectivity index (χ4v) is 1.79. The highest BCUT2D eigenvalue weighted by atomic mass is 79.9. The Morgan fingerprint density at radius 3 is 2.53 bits per heavy atom. The summed E-state index contributed by atoms with van der Waals surface area (Å²) >= 11 is 3.37. The summed E-state index contributed by atoms with van der Waals surface area (Å²) in [7, 11) is 2.68. The molecule has 0 aromatic heterocycles. The molecule has 1 aromatic rings. The van der Waals surface area contributed by atoms with Gasteiger partial charge in [0.1, 0.15) is 0 Å². The minimum absolute atomic E-state index is 0.277. The van der Waals surface area contributed by atoms with Gasteiger partial charge >= 0.3 is 11.9 Å². The van der Waals surface area contributed by atoms with Crippen molar-refractivity contribution >= 4 is 27.9 Å². The summed E-state index contributed by atoms with van der Waals surface area (Å²) in [6.45, 7) is 0. The van der Waals surface area contributed by atoms with Gasteiger partial charge in [0, 0.05) is 10.9 Å². The molecule has 4 nitrogen and oxygen atoms in total. The fourth-order valence-electron chi connectivity index (χ4n) is 1.35. The first-order valence-corrected chi connectivity index (χ1v) is 5.81. The van der Waals surface area contributed by atoms with Crippen molar-refractivity contribution in [1.29, 1.82) is 0 Å². The lowest BCUT2D eigenvalue weighted by Gasteiger charge is -2.06. The average molecular weight is 301 g/mol. The van der Waals surface area contributed by atoms with Crippen molar-refractivity contribution in [3.63, 3.8) is 0 Å². The van der Waals surface area contributed by atoms with E-state index in [4.69, 9.17) is 0 Å². The molecule has 0 bridgehead atoms. The van der Waals surface area contributed by atoms with Crippen LogP contribution >= 0.6 is 15.9 Å². The van der Waals surface area contributed by atoms with Gasteiger partial charge in [0.15, 0.2) is 0 Å². The Balaban J connectivity index is 2.83. The number of methoxy groups -OCH3 is 2. The fraction of sp³-hybridized carbons (Fsp3) is 0.333. The second kappa shape index (κ2) is 6.39. The van der Waals surface area contributed by atoms with Gasteiger partial charge in [-0.2, -0.15) is 0 Å². The lowest BCUT2D eigenvalue weighted by Crippen LogP contribution is -2.05. The first-order chi connectivity index (χ1) is 8.08. The molecule has 1 rings (SSSR count). The number of hydrogen-bond donors (Lipinski definition) is 0. The molecule has 0 fully saturated rings. The molecular formula is C12H13BrO4. The molecule has 0 aliphatic carbocycles. The van der Waals surface area contributed by atoms with Gasteiger partial charge in [-0.05, 0) is 30.2 Å². The third kappa shape index (κ3) is 3.85. The molecule has 0 spiro atoms. The summed E-state index contributed by atoms with van der Waals surface area (Å²) in [5, 5.41) is 0. The third-order valence-electron chi connectivity index (χ3n) is 2.29. The van der Waals surface area contributed by atoms with Crippen LogP contribution in [0.1, 0.15) is 22.3 Å². The molecule has 0 aliphatic rings. The third-order valence-corrected chi connectivity index (χ3v) is 3.07. The zero-order valence-electron chi connectivity index (χ0n) is 9.66. The summed E-state index contributed by atoms with van der Waals surface area (Å²) in [6, 6.07) is 5.13. The van der Waals surface area contributed by atoms with Crippen molar-refractivity contribution in [3.8, 4) is 0 Å². The number of hydrogen-bond acceptors (Lipinski definition) is 4. The maximum Gasteiger partial charge on any atom is 0.337 e. The maximum atomic E-state index is 11.3. The van der Waals surface area contributed by atoms with E-state index in [0.717, 1.165) is 10.0 Å². The van der Waals surface area contributed by atoms with Crippen LogP contribution in [0.25, 0.3) is 0 Å². The van der Waals surface area contributed by atoms with Gasteiger partial charge in [-0.1, -0.05) is 15.9 Å². The van der Waals surface area contributed by atoms with Crippen LogP contribution < -0.4 is 0 Å². The van der Waals surface area contributed by atoms with E-state index in [-0.39, 0.29) is 12.4 Å². The van der Waals surface area contributed by atoms with E-state index in [2.05, 4.69) is 25.4 Å². The van der Waals surface area contributed by atoms with Gasteiger partial charge < -0.3 is 9.47 Å². The van der Waals surface area contributed by atoms with E-state index >= 15 is 0 Å². The Labute approximate surface area is 108 Å². The molecule has 0 aliphatic heterocycles. The minimum Gasteiger partial charge on any atom is -0.469 e. The van der Waals surface area contributed by atoms with Crippen LogP contribution in [0.4, 0.5) is 0 Å². The molecule has 5 heteroatoms. The Kier molecular flexibility index (Phi) is 5.15. The van der Waals surface area contributed by atoms with Crippen LogP contribution in [0.5, 0.6) is 0 Å². The SMILES string of the molecule is COC(=O)CCc1cc(C(=O)OC)ccc1Br. The van der Waals surface area contributed by atoms with Crippen molar-refractivity contribution < 1.29 is 19.1 Å². The van der Waals surface area contributed by atoms with Crippen LogP contribution in [0, 0.1) is 0 Å². The highest BCUT2D eigenvalue weighted by Crippen LogP contribution is 2.20. The molecule has 1 aromatic carbocycles. The van der Waals surface area contributed by atoms with Gasteiger partial charge in [-0.3, -0.25) is 4.79 Å². The Hall–Kier alpha value is -1.36. The van der Waals surface area contributed by atoms with E-state index < -0.39 is 5.97 Å². The molecule has 0 N–H and O–H groups in total. The molecule has 0 atom stereocenters. The summed E-state index contributed by atoms with van der Waals surface area (Å²) in [5.41, 5.74) is 1.34. The minimum atomic E-state index is -0.392. The van der Waals surface area contributed by atoms with Gasteiger partial charge in [0.2, 0.25) is 0 Å². The molecule has 0 radical (unpaired) electrons. The molecule has 0 heterocycles. The zero-order chi connectivity index (χ0) is 12.8. The summed E-state index contributed by atoms with van der Waals surface area (Å²) in [6.07, 6.45) is 0.790. The number of carbonyl (C=O) groups is 2. The van der Waals surface area contributed by atoms with E-state index in [1.807, 2.05) is 0 Å². The van der Waals surface area contributed by atoms with E-state index in [9.17, 15) is 9.59 Å². The van der Waals surface area contributed by atoms with E-state index in [0.29, 0.717) is 12.0 Å². The second-order valence-electron chi connectivity index (χ2n) is 3.37. The second-order valence-corrected chi connectivity index (χ2v) is 4.23. The monoisotopic (exact) mass is 300 g/mol. The van der Waals surface area contributed by atoms with E-state index in [1.54, 1.807) is 18.2 Å². The van der Waals surface area contributed by atoms with Gasteiger partial charge in [0.05, 0.1) is 19.8 Å². The van der Waals surface area contributed by atoms with Gasteiger partial charge in [-0.25, -0.2) is 4.79 Å². The highest BCUT2D eigenvalue weighted by molar-refractivity contribution is 9.10. The average Bonchev–Trinajstić information content (AvgIpc) is 2.36. The molecule has 0 saturated carbocycles. The van der Waals surface area contributed by atoms with Crippen LogP contribution in [-0.2, 0) is 20.7 Å². The summed E-state index contributed by atoms with van der Waals surface area (Å²) in [4.78, 5) is 22.4. The Bertz CT molecular complexity index is 429. The first-order valence-electron chi connectivity index (χ1n) is 5.02. The smallest absolute Gasteiger partial charge is 0.337 e. The predicted molar refractivity (Wildman–Crippen MR) is 65.8 cm³/mol. The van der Waals surface area contributed by atoms with Crippen LogP contribution in [-0.4, -0.2) is 26.2 Å². The number of rotatable bonds is 4. The normalized spacial score (nSPS) is 9.82. The molecular weight excluding hydrogens is 288 g/mol. The predicted octanol–water partition coefficient (Wildman–Crippen LogP) is 2.34. The van der Waals surface area contributed by atoms with E-state index in [1.165, 1.54) is 14.2 Å². The van der Waals surface area contributed by atoms with Crippen LogP contribution in [0.15, 0.2) is 22.7 Å². The zero-order valence-corrected chi connectivity index (χ0v) is 11.2. The standard InChI is InChI=1S/C12H13BrO4/c1-16-11(14)6-4-8-7-9(12(15)17-2)3-5-10(8)13/h3,5,7H,4,6H2,1-2H3. The topological polar surface area (TPSA) is 52.6 Å². The van der Waals surface area contributed by atoms with Gasteiger partial charge in [-0.15, -0.1) is 0 Å². The van der Waals surface area contributed by atoms with Crippen molar-refractivity contribution in [1.82, 2.24) is 0 Å². The summed E-state index contributed by atoms with van der Waals surface area (Å²) < 4.78 is 10.1. The van der Waals surface area contributed by atoms with Crippen molar-refractivity contribution in [2.45, 2.75) is 12.8 Å². The lowest BCUT2D eigenvalue weighted by atomic mass is 10.1. The lowest BCUT2D eigenvalue weighted by molar-refractivity contribution is -0.140. The quantitative estimate of drug-likeness (QED) is 0.801. The number of esters is 2. The summed E-state index contributed by atoms with van der Waals surface area (Å²) in [5.74, 6) is -0.669. The Morgan fingerprint density at radius 2 is 1.94 bits per heavy atom. The number of benzene rings is 1. The number of carbonyl (C=O) groups excluding carboxylic acids is 2. The first kappa shape index (κ1) is 13.7. The van der Waals surface area contributed by atoms with Crippen molar-refractivity contribution in [2.75, 3.05) is 14.2 Å². The molecule has 0 amide bonds. The largest absolute Gasteiger partial charge is 0.469 e. The molecule has 17 heavy (non-hydrogen) atoms. The Morgan fingerprint density at radius 1 is 1.24 bits per heavy atom. The number of aryl methyl sites for hydroxylation is 1. The number of ether oxygens (including phenoxy) is 2. The number of halogens is 1. The molecule has 0 unspecified atom stereocenters. The van der Waals surface area contributed by atoms with Crippen LogP contribution in [0.3, 0.4) is 0 Å². The van der Waals surface area contributed by atoms with Crippen LogP contribution in [0.2, 0.25) is 0 Å². The molecule has 0 saturated heterocycles. The van der Waals surface area contributed by atoms with Crippen molar-refractivity contribution in [2.24, 2.45) is 0 Å². The molecule has 92 valence electrons.